The fourth-order valence-electron chi connectivity index (χ4n) is 1.94. The second-order valence-electron chi connectivity index (χ2n) is 4.07. The molecule has 1 fully saturated rings. The molecule has 0 heterocycles. The molecule has 4 heteroatoms. The summed E-state index contributed by atoms with van der Waals surface area (Å²) in [7, 11) is 3.38. The van der Waals surface area contributed by atoms with Gasteiger partial charge in [0.25, 0.3) is 0 Å². The molecule has 2 unspecified atom stereocenters. The highest BCUT2D eigenvalue weighted by Gasteiger charge is 2.37. The molecule has 2 N–H and O–H groups in total. The van der Waals surface area contributed by atoms with E-state index in [0.29, 0.717) is 5.92 Å². The maximum Gasteiger partial charge on any atom is 0.122 e. The topological polar surface area (TPSA) is 44.5 Å². The summed E-state index contributed by atoms with van der Waals surface area (Å²) < 4.78 is 10.7. The van der Waals surface area contributed by atoms with Gasteiger partial charge in [-0.3, -0.25) is 0 Å². The molecular formula is C12H18ClNO2. The van der Waals surface area contributed by atoms with E-state index in [1.165, 1.54) is 5.56 Å². The molecule has 1 aromatic carbocycles. The van der Waals surface area contributed by atoms with Gasteiger partial charge in [0, 0.05) is 17.5 Å². The van der Waals surface area contributed by atoms with Crippen LogP contribution in [0.15, 0.2) is 12.1 Å². The third-order valence-corrected chi connectivity index (χ3v) is 2.99. The van der Waals surface area contributed by atoms with Crippen LogP contribution in [-0.2, 0) is 0 Å². The van der Waals surface area contributed by atoms with E-state index in [1.807, 2.05) is 19.1 Å². The van der Waals surface area contributed by atoms with Gasteiger partial charge in [-0.15, -0.1) is 12.4 Å². The fourth-order valence-corrected chi connectivity index (χ4v) is 1.94. The quantitative estimate of drug-likeness (QED) is 0.886. The standard InChI is InChI=1S/C12H17NO2.ClH/c1-7-4-12(15-3)9(6-11(7)14-2)8-5-10(8)13;/h4,6,8,10H,5,13H2,1-3H3;1H. The number of rotatable bonds is 3. The highest BCUT2D eigenvalue weighted by molar-refractivity contribution is 5.85. The van der Waals surface area contributed by atoms with Gasteiger partial charge in [0.2, 0.25) is 0 Å². The first kappa shape index (κ1) is 13.1. The molecule has 1 aliphatic rings. The van der Waals surface area contributed by atoms with Crippen molar-refractivity contribution in [2.45, 2.75) is 25.3 Å². The average Bonchev–Trinajstić information content (AvgIpc) is 2.95. The van der Waals surface area contributed by atoms with E-state index >= 15 is 0 Å². The van der Waals surface area contributed by atoms with Crippen LogP contribution in [0.3, 0.4) is 0 Å². The fraction of sp³-hybridized carbons (Fsp3) is 0.500. The summed E-state index contributed by atoms with van der Waals surface area (Å²) in [6.07, 6.45) is 1.04. The van der Waals surface area contributed by atoms with Crippen LogP contribution in [0, 0.1) is 6.92 Å². The molecule has 0 bridgehead atoms. The highest BCUT2D eigenvalue weighted by Crippen LogP contribution is 2.45. The number of hydrogen-bond donors (Lipinski definition) is 1. The lowest BCUT2D eigenvalue weighted by molar-refractivity contribution is 0.396. The molecule has 0 aliphatic heterocycles. The van der Waals surface area contributed by atoms with Gasteiger partial charge in [-0.05, 0) is 31.0 Å². The molecule has 16 heavy (non-hydrogen) atoms. The number of ether oxygens (including phenoxy) is 2. The van der Waals surface area contributed by atoms with Crippen LogP contribution < -0.4 is 15.2 Å². The molecule has 0 radical (unpaired) electrons. The molecule has 2 rings (SSSR count). The smallest absolute Gasteiger partial charge is 0.122 e. The lowest BCUT2D eigenvalue weighted by atomic mass is 10.1. The van der Waals surface area contributed by atoms with E-state index in [4.69, 9.17) is 15.2 Å². The molecule has 0 amide bonds. The van der Waals surface area contributed by atoms with Crippen molar-refractivity contribution in [1.82, 2.24) is 0 Å². The summed E-state index contributed by atoms with van der Waals surface area (Å²) in [6, 6.07) is 4.34. The Morgan fingerprint density at radius 1 is 1.19 bits per heavy atom. The first-order valence-electron chi connectivity index (χ1n) is 5.15. The monoisotopic (exact) mass is 243 g/mol. The zero-order valence-corrected chi connectivity index (χ0v) is 10.6. The Bertz CT molecular complexity index is 382. The van der Waals surface area contributed by atoms with Crippen LogP contribution in [0.4, 0.5) is 0 Å². The number of methoxy groups -OCH3 is 2. The summed E-state index contributed by atoms with van der Waals surface area (Å²) in [5.74, 6) is 2.27. The minimum Gasteiger partial charge on any atom is -0.496 e. The minimum atomic E-state index is 0. The Hall–Kier alpha value is -0.930. The molecular weight excluding hydrogens is 226 g/mol. The Labute approximate surface area is 102 Å². The lowest BCUT2D eigenvalue weighted by Gasteiger charge is -2.12. The number of nitrogens with two attached hydrogens (primary N) is 1. The zero-order chi connectivity index (χ0) is 11.0. The van der Waals surface area contributed by atoms with E-state index in [1.54, 1.807) is 14.2 Å². The second kappa shape index (κ2) is 4.93. The predicted octanol–water partition coefficient (Wildman–Crippen LogP) is 2.25. The predicted molar refractivity (Wildman–Crippen MR) is 66.9 cm³/mol. The van der Waals surface area contributed by atoms with Gasteiger partial charge in [0.05, 0.1) is 14.2 Å². The number of halogens is 1. The Morgan fingerprint density at radius 2 is 1.75 bits per heavy atom. The van der Waals surface area contributed by atoms with Crippen molar-refractivity contribution >= 4 is 12.4 Å². The molecule has 2 atom stereocenters. The van der Waals surface area contributed by atoms with Crippen molar-refractivity contribution in [3.63, 3.8) is 0 Å². The molecule has 1 aromatic rings. The average molecular weight is 244 g/mol. The van der Waals surface area contributed by atoms with Crippen molar-refractivity contribution in [3.8, 4) is 11.5 Å². The maximum absolute atomic E-state index is 5.86. The highest BCUT2D eigenvalue weighted by atomic mass is 35.5. The van der Waals surface area contributed by atoms with E-state index < -0.39 is 0 Å². The van der Waals surface area contributed by atoms with Crippen molar-refractivity contribution < 1.29 is 9.47 Å². The molecule has 1 saturated carbocycles. The molecule has 0 spiro atoms. The van der Waals surface area contributed by atoms with Gasteiger partial charge >= 0.3 is 0 Å². The lowest BCUT2D eigenvalue weighted by Crippen LogP contribution is -2.03. The summed E-state index contributed by atoms with van der Waals surface area (Å²) in [5, 5.41) is 0. The van der Waals surface area contributed by atoms with Gasteiger partial charge in [-0.2, -0.15) is 0 Å². The molecule has 0 aromatic heterocycles. The minimum absolute atomic E-state index is 0. The van der Waals surface area contributed by atoms with Gasteiger partial charge in [0.1, 0.15) is 11.5 Å². The Morgan fingerprint density at radius 3 is 2.19 bits per heavy atom. The van der Waals surface area contributed by atoms with Crippen molar-refractivity contribution in [2.24, 2.45) is 5.73 Å². The number of benzene rings is 1. The molecule has 3 nitrogen and oxygen atoms in total. The number of hydrogen-bond acceptors (Lipinski definition) is 3. The van der Waals surface area contributed by atoms with E-state index in [9.17, 15) is 0 Å². The Kier molecular flexibility index (Phi) is 4.05. The molecule has 0 saturated heterocycles. The second-order valence-corrected chi connectivity index (χ2v) is 4.07. The van der Waals surface area contributed by atoms with Crippen molar-refractivity contribution in [2.75, 3.05) is 14.2 Å². The van der Waals surface area contributed by atoms with Crippen LogP contribution in [-0.4, -0.2) is 20.3 Å². The third kappa shape index (κ3) is 2.25. The largest absolute Gasteiger partial charge is 0.496 e. The first-order chi connectivity index (χ1) is 7.17. The van der Waals surface area contributed by atoms with Crippen LogP contribution in [0.25, 0.3) is 0 Å². The normalized spacial score (nSPS) is 22.2. The van der Waals surface area contributed by atoms with Gasteiger partial charge in [-0.25, -0.2) is 0 Å². The first-order valence-corrected chi connectivity index (χ1v) is 5.15. The van der Waals surface area contributed by atoms with Gasteiger partial charge < -0.3 is 15.2 Å². The van der Waals surface area contributed by atoms with Crippen molar-refractivity contribution in [3.05, 3.63) is 23.3 Å². The summed E-state index contributed by atoms with van der Waals surface area (Å²) in [4.78, 5) is 0. The van der Waals surface area contributed by atoms with Crippen LogP contribution >= 0.6 is 12.4 Å². The number of aryl methyl sites for hydroxylation is 1. The summed E-state index contributed by atoms with van der Waals surface area (Å²) in [6.45, 7) is 2.01. The maximum atomic E-state index is 5.86. The van der Waals surface area contributed by atoms with Gasteiger partial charge in [-0.1, -0.05) is 0 Å². The Balaban J connectivity index is 0.00000128. The van der Waals surface area contributed by atoms with Crippen molar-refractivity contribution in [1.29, 1.82) is 0 Å². The van der Waals surface area contributed by atoms with Gasteiger partial charge in [0.15, 0.2) is 0 Å². The van der Waals surface area contributed by atoms with E-state index in [0.717, 1.165) is 23.5 Å². The SMILES string of the molecule is COc1cc(C2CC2N)c(OC)cc1C.Cl. The van der Waals surface area contributed by atoms with Crippen LogP contribution in [0.2, 0.25) is 0 Å². The molecule has 1 aliphatic carbocycles. The van der Waals surface area contributed by atoms with E-state index in [2.05, 4.69) is 0 Å². The summed E-state index contributed by atoms with van der Waals surface area (Å²) in [5.41, 5.74) is 8.12. The van der Waals surface area contributed by atoms with Crippen LogP contribution in [0.5, 0.6) is 11.5 Å². The van der Waals surface area contributed by atoms with Crippen LogP contribution in [0.1, 0.15) is 23.5 Å². The van der Waals surface area contributed by atoms with E-state index in [-0.39, 0.29) is 18.4 Å². The molecule has 90 valence electrons. The zero-order valence-electron chi connectivity index (χ0n) is 9.82. The summed E-state index contributed by atoms with van der Waals surface area (Å²) >= 11 is 0. The third-order valence-electron chi connectivity index (χ3n) is 2.99.